The average molecular weight is 292 g/mol. The zero-order valence-corrected chi connectivity index (χ0v) is 11.3. The fourth-order valence-corrected chi connectivity index (χ4v) is 4.89. The highest BCUT2D eigenvalue weighted by Crippen LogP contribution is 2.43. The molecule has 0 spiro atoms. The number of thioether (sulfide) groups is 1. The van der Waals surface area contributed by atoms with Gasteiger partial charge in [-0.05, 0) is 18.3 Å². The Morgan fingerprint density at radius 1 is 1.50 bits per heavy atom. The molecule has 1 fully saturated rings. The van der Waals surface area contributed by atoms with E-state index >= 15 is 0 Å². The summed E-state index contributed by atoms with van der Waals surface area (Å²) in [4.78, 5) is 4.31. The predicted octanol–water partition coefficient (Wildman–Crippen LogP) is 4.19. The number of rotatable bonds is 4. The molecular formula is C10H14BrNS2. The maximum Gasteiger partial charge on any atom is 0.149 e. The van der Waals surface area contributed by atoms with Gasteiger partial charge in [0.05, 0.1) is 0 Å². The highest BCUT2D eigenvalue weighted by molar-refractivity contribution is 9.09. The molecule has 0 saturated heterocycles. The van der Waals surface area contributed by atoms with Crippen molar-refractivity contribution in [2.75, 3.05) is 11.1 Å². The second-order valence-electron chi connectivity index (χ2n) is 3.93. The molecule has 1 aromatic rings. The molecule has 0 unspecified atom stereocenters. The Labute approximate surface area is 102 Å². The SMILES string of the molecule is BrCC1(CSc2nccs2)CCCC1. The first kappa shape index (κ1) is 11.0. The molecule has 1 nitrogen and oxygen atoms in total. The van der Waals surface area contributed by atoms with Gasteiger partial charge in [-0.1, -0.05) is 40.5 Å². The van der Waals surface area contributed by atoms with Crippen LogP contribution in [-0.4, -0.2) is 16.1 Å². The van der Waals surface area contributed by atoms with Crippen molar-refractivity contribution >= 4 is 39.0 Å². The smallest absolute Gasteiger partial charge is 0.149 e. The van der Waals surface area contributed by atoms with Gasteiger partial charge in [-0.2, -0.15) is 0 Å². The molecule has 0 atom stereocenters. The van der Waals surface area contributed by atoms with Crippen LogP contribution < -0.4 is 0 Å². The maximum atomic E-state index is 4.31. The highest BCUT2D eigenvalue weighted by atomic mass is 79.9. The van der Waals surface area contributed by atoms with E-state index in [1.165, 1.54) is 35.8 Å². The normalized spacial score (nSPS) is 20.1. The van der Waals surface area contributed by atoms with Gasteiger partial charge < -0.3 is 0 Å². The first-order valence-corrected chi connectivity index (χ1v) is 7.92. The number of hydrogen-bond donors (Lipinski definition) is 0. The van der Waals surface area contributed by atoms with Gasteiger partial charge in [0.25, 0.3) is 0 Å². The molecule has 2 rings (SSSR count). The molecule has 0 N–H and O–H groups in total. The van der Waals surface area contributed by atoms with E-state index in [-0.39, 0.29) is 0 Å². The molecule has 14 heavy (non-hydrogen) atoms. The first-order valence-electron chi connectivity index (χ1n) is 4.93. The van der Waals surface area contributed by atoms with Gasteiger partial charge in [-0.15, -0.1) is 11.3 Å². The minimum Gasteiger partial charge on any atom is -0.238 e. The summed E-state index contributed by atoms with van der Waals surface area (Å²) in [7, 11) is 0. The largest absolute Gasteiger partial charge is 0.238 e. The van der Waals surface area contributed by atoms with Gasteiger partial charge in [-0.25, -0.2) is 4.98 Å². The topological polar surface area (TPSA) is 12.9 Å². The zero-order valence-electron chi connectivity index (χ0n) is 8.04. The van der Waals surface area contributed by atoms with Gasteiger partial charge in [-0.3, -0.25) is 0 Å². The van der Waals surface area contributed by atoms with Crippen LogP contribution in [0.1, 0.15) is 25.7 Å². The molecule has 1 saturated carbocycles. The van der Waals surface area contributed by atoms with E-state index in [2.05, 4.69) is 26.3 Å². The third kappa shape index (κ3) is 2.52. The van der Waals surface area contributed by atoms with E-state index < -0.39 is 0 Å². The lowest BCUT2D eigenvalue weighted by molar-refractivity contribution is 0.405. The Morgan fingerprint density at radius 2 is 2.29 bits per heavy atom. The van der Waals surface area contributed by atoms with Gasteiger partial charge in [0.1, 0.15) is 4.34 Å². The number of thiazole rings is 1. The van der Waals surface area contributed by atoms with Crippen LogP contribution in [0.15, 0.2) is 15.9 Å². The lowest BCUT2D eigenvalue weighted by Crippen LogP contribution is -2.21. The number of nitrogens with zero attached hydrogens (tertiary/aromatic N) is 1. The Kier molecular flexibility index (Phi) is 3.91. The number of hydrogen-bond acceptors (Lipinski definition) is 3. The lowest BCUT2D eigenvalue weighted by atomic mass is 9.92. The second kappa shape index (κ2) is 4.99. The van der Waals surface area contributed by atoms with Gasteiger partial charge >= 0.3 is 0 Å². The monoisotopic (exact) mass is 291 g/mol. The van der Waals surface area contributed by atoms with Crippen molar-refractivity contribution < 1.29 is 0 Å². The van der Waals surface area contributed by atoms with E-state index in [1.54, 1.807) is 11.3 Å². The Morgan fingerprint density at radius 3 is 2.86 bits per heavy atom. The highest BCUT2D eigenvalue weighted by Gasteiger charge is 2.32. The molecular weight excluding hydrogens is 278 g/mol. The van der Waals surface area contributed by atoms with Crippen LogP contribution in [0, 0.1) is 5.41 Å². The summed E-state index contributed by atoms with van der Waals surface area (Å²) in [6, 6.07) is 0. The summed E-state index contributed by atoms with van der Waals surface area (Å²) in [5.41, 5.74) is 0.552. The standard InChI is InChI=1S/C10H14BrNS2/c11-7-10(3-1-2-4-10)8-14-9-12-5-6-13-9/h5-6H,1-4,7-8H2. The van der Waals surface area contributed by atoms with Crippen molar-refractivity contribution in [2.24, 2.45) is 5.41 Å². The summed E-state index contributed by atoms with van der Waals surface area (Å²) in [5, 5.41) is 3.20. The van der Waals surface area contributed by atoms with Crippen molar-refractivity contribution in [1.29, 1.82) is 0 Å². The predicted molar refractivity (Wildman–Crippen MR) is 67.5 cm³/mol. The summed E-state index contributed by atoms with van der Waals surface area (Å²) < 4.78 is 1.22. The maximum absolute atomic E-state index is 4.31. The number of halogens is 1. The quantitative estimate of drug-likeness (QED) is 0.609. The van der Waals surface area contributed by atoms with Gasteiger partial charge in [0.15, 0.2) is 0 Å². The van der Waals surface area contributed by atoms with Crippen molar-refractivity contribution in [2.45, 2.75) is 30.0 Å². The zero-order chi connectivity index (χ0) is 9.86. The molecule has 0 aromatic carbocycles. The lowest BCUT2D eigenvalue weighted by Gasteiger charge is -2.25. The molecule has 0 amide bonds. The molecule has 0 radical (unpaired) electrons. The average Bonchev–Trinajstić information content (AvgIpc) is 2.87. The van der Waals surface area contributed by atoms with Crippen LogP contribution in [0.2, 0.25) is 0 Å². The third-order valence-corrected chi connectivity index (χ3v) is 6.36. The minimum atomic E-state index is 0.552. The molecule has 4 heteroatoms. The fourth-order valence-electron chi connectivity index (χ4n) is 1.94. The van der Waals surface area contributed by atoms with E-state index in [0.717, 1.165) is 5.33 Å². The van der Waals surface area contributed by atoms with E-state index in [4.69, 9.17) is 0 Å². The van der Waals surface area contributed by atoms with Crippen molar-refractivity contribution in [3.05, 3.63) is 11.6 Å². The summed E-state index contributed by atoms with van der Waals surface area (Å²) in [6.07, 6.45) is 7.48. The minimum absolute atomic E-state index is 0.552. The van der Waals surface area contributed by atoms with Gasteiger partial charge in [0.2, 0.25) is 0 Å². The molecule has 1 heterocycles. The summed E-state index contributed by atoms with van der Waals surface area (Å²) in [6.45, 7) is 0. The van der Waals surface area contributed by atoms with Crippen LogP contribution in [-0.2, 0) is 0 Å². The van der Waals surface area contributed by atoms with Crippen LogP contribution in [0.4, 0.5) is 0 Å². The Bertz CT molecular complexity index is 268. The fraction of sp³-hybridized carbons (Fsp3) is 0.700. The third-order valence-electron chi connectivity index (χ3n) is 2.86. The van der Waals surface area contributed by atoms with Crippen LogP contribution in [0.5, 0.6) is 0 Å². The number of alkyl halides is 1. The van der Waals surface area contributed by atoms with Crippen molar-refractivity contribution in [3.8, 4) is 0 Å². The Hall–Kier alpha value is 0.460. The molecule has 1 aromatic heterocycles. The number of aromatic nitrogens is 1. The summed E-state index contributed by atoms with van der Waals surface area (Å²) in [5.74, 6) is 1.23. The summed E-state index contributed by atoms with van der Waals surface area (Å²) >= 11 is 7.34. The molecule has 0 bridgehead atoms. The Balaban J connectivity index is 1.89. The van der Waals surface area contributed by atoms with Crippen molar-refractivity contribution in [1.82, 2.24) is 4.98 Å². The molecule has 0 aliphatic heterocycles. The van der Waals surface area contributed by atoms with E-state index in [9.17, 15) is 0 Å². The molecule has 78 valence electrons. The van der Waals surface area contributed by atoms with Crippen LogP contribution in [0.25, 0.3) is 0 Å². The first-order chi connectivity index (χ1) is 6.85. The van der Waals surface area contributed by atoms with Crippen LogP contribution >= 0.6 is 39.0 Å². The molecule has 1 aliphatic carbocycles. The van der Waals surface area contributed by atoms with Gasteiger partial charge in [0, 0.05) is 22.7 Å². The van der Waals surface area contributed by atoms with Crippen LogP contribution in [0.3, 0.4) is 0 Å². The van der Waals surface area contributed by atoms with E-state index in [1.807, 2.05) is 18.0 Å². The van der Waals surface area contributed by atoms with Crippen molar-refractivity contribution in [3.63, 3.8) is 0 Å². The molecule has 1 aliphatic rings. The van der Waals surface area contributed by atoms with E-state index in [0.29, 0.717) is 5.41 Å². The second-order valence-corrected chi connectivity index (χ2v) is 6.61.